The number of nitrogens with zero attached hydrogens (tertiary/aromatic N) is 4. The smallest absolute Gasteiger partial charge is 0.196 e. The second-order valence-electron chi connectivity index (χ2n) is 5.10. The predicted octanol–water partition coefficient (Wildman–Crippen LogP) is 4.75. The van der Waals surface area contributed by atoms with Gasteiger partial charge in [-0.15, -0.1) is 21.5 Å². The lowest BCUT2D eigenvalue weighted by molar-refractivity contribution is 0.412. The Morgan fingerprint density at radius 1 is 1.20 bits per heavy atom. The molecule has 0 aliphatic heterocycles. The van der Waals surface area contributed by atoms with Gasteiger partial charge in [-0.1, -0.05) is 23.9 Å². The molecule has 0 spiro atoms. The van der Waals surface area contributed by atoms with Crippen LogP contribution in [0.15, 0.2) is 58.0 Å². The van der Waals surface area contributed by atoms with Gasteiger partial charge in [0.05, 0.1) is 18.5 Å². The maximum absolute atomic E-state index is 5.44. The van der Waals surface area contributed by atoms with Crippen LogP contribution in [-0.2, 0) is 5.75 Å². The fourth-order valence-corrected chi connectivity index (χ4v) is 4.80. The number of thiazole rings is 1. The zero-order valence-electron chi connectivity index (χ0n) is 13.3. The third-order valence-corrected chi connectivity index (χ3v) is 6.13. The van der Waals surface area contributed by atoms with Crippen LogP contribution in [0.25, 0.3) is 16.3 Å². The van der Waals surface area contributed by atoms with Crippen LogP contribution >= 0.6 is 34.4 Å². The number of aromatic nitrogens is 4. The molecule has 0 fully saturated rings. The van der Waals surface area contributed by atoms with Crippen molar-refractivity contribution in [3.8, 4) is 22.0 Å². The van der Waals surface area contributed by atoms with E-state index < -0.39 is 0 Å². The van der Waals surface area contributed by atoms with Crippen LogP contribution in [0.1, 0.15) is 5.69 Å². The van der Waals surface area contributed by atoms with Gasteiger partial charge in [-0.05, 0) is 23.6 Å². The summed E-state index contributed by atoms with van der Waals surface area (Å²) in [5, 5.41) is 16.5. The molecule has 0 radical (unpaired) electrons. The minimum absolute atomic E-state index is 0.745. The lowest BCUT2D eigenvalue weighted by Crippen LogP contribution is -1.98. The van der Waals surface area contributed by atoms with Crippen molar-refractivity contribution >= 4 is 34.4 Å². The number of hydrogen-bond acceptors (Lipinski definition) is 7. The molecule has 0 bridgehead atoms. The predicted molar refractivity (Wildman–Crippen MR) is 103 cm³/mol. The summed E-state index contributed by atoms with van der Waals surface area (Å²) in [4.78, 5) is 4.71. The average Bonchev–Trinajstić information content (AvgIpc) is 3.40. The van der Waals surface area contributed by atoms with Crippen molar-refractivity contribution in [3.05, 3.63) is 58.5 Å². The largest absolute Gasteiger partial charge is 0.495 e. The number of methoxy groups -OCH3 is 1. The molecule has 4 aromatic rings. The molecule has 0 amide bonds. The minimum Gasteiger partial charge on any atom is -0.495 e. The minimum atomic E-state index is 0.745. The molecule has 8 heteroatoms. The van der Waals surface area contributed by atoms with Gasteiger partial charge in [0.15, 0.2) is 5.16 Å². The molecule has 3 heterocycles. The maximum atomic E-state index is 5.44. The molecule has 3 aromatic heterocycles. The molecule has 4 rings (SSSR count). The molecule has 5 nitrogen and oxygen atoms in total. The number of thioether (sulfide) groups is 1. The molecule has 0 saturated heterocycles. The summed E-state index contributed by atoms with van der Waals surface area (Å²) in [7, 11) is 1.66. The van der Waals surface area contributed by atoms with Crippen LogP contribution in [0, 0.1) is 0 Å². The summed E-state index contributed by atoms with van der Waals surface area (Å²) in [5.41, 5.74) is 3.16. The SMILES string of the molecule is COc1ccccc1-n1cnnc1SCc1csc(-c2ccsc2)n1. The molecule has 0 saturated carbocycles. The highest BCUT2D eigenvalue weighted by molar-refractivity contribution is 7.98. The summed E-state index contributed by atoms with van der Waals surface area (Å²) in [6.07, 6.45) is 1.71. The quantitative estimate of drug-likeness (QED) is 0.448. The van der Waals surface area contributed by atoms with E-state index >= 15 is 0 Å². The zero-order valence-corrected chi connectivity index (χ0v) is 15.8. The molecule has 0 atom stereocenters. The fraction of sp³-hybridized carbons (Fsp3) is 0.118. The van der Waals surface area contributed by atoms with Gasteiger partial charge < -0.3 is 4.74 Å². The first-order valence-corrected chi connectivity index (χ1v) is 10.3. The standard InChI is InChI=1S/C17H14N4OS3/c1-22-15-5-3-2-4-14(15)21-11-18-20-17(21)25-10-13-9-24-16(19-13)12-6-7-23-8-12/h2-9,11H,10H2,1H3. The maximum Gasteiger partial charge on any atom is 0.196 e. The highest BCUT2D eigenvalue weighted by Crippen LogP contribution is 2.30. The van der Waals surface area contributed by atoms with E-state index in [0.29, 0.717) is 0 Å². The van der Waals surface area contributed by atoms with Crippen LogP contribution < -0.4 is 4.74 Å². The summed E-state index contributed by atoms with van der Waals surface area (Å²) in [6.45, 7) is 0. The highest BCUT2D eigenvalue weighted by atomic mass is 32.2. The molecular formula is C17H14N4OS3. The van der Waals surface area contributed by atoms with Gasteiger partial charge in [-0.2, -0.15) is 11.3 Å². The van der Waals surface area contributed by atoms with Gasteiger partial charge in [0.2, 0.25) is 0 Å². The number of benzene rings is 1. The molecule has 1 aromatic carbocycles. The number of para-hydroxylation sites is 2. The number of ether oxygens (including phenoxy) is 1. The number of rotatable bonds is 6. The molecule has 0 unspecified atom stereocenters. The third kappa shape index (κ3) is 3.46. The normalized spacial score (nSPS) is 10.9. The van der Waals surface area contributed by atoms with Crippen LogP contribution in [-0.4, -0.2) is 26.9 Å². The van der Waals surface area contributed by atoms with Crippen molar-refractivity contribution in [1.82, 2.24) is 19.7 Å². The summed E-state index contributed by atoms with van der Waals surface area (Å²) < 4.78 is 7.38. The second kappa shape index (κ2) is 7.38. The van der Waals surface area contributed by atoms with Crippen molar-refractivity contribution in [2.75, 3.05) is 7.11 Å². The van der Waals surface area contributed by atoms with E-state index in [1.165, 1.54) is 5.56 Å². The van der Waals surface area contributed by atoms with Crippen LogP contribution in [0.3, 0.4) is 0 Å². The van der Waals surface area contributed by atoms with Crippen molar-refractivity contribution in [3.63, 3.8) is 0 Å². The van der Waals surface area contributed by atoms with Gasteiger partial charge in [0.25, 0.3) is 0 Å². The average molecular weight is 387 g/mol. The topological polar surface area (TPSA) is 52.8 Å². The Hall–Kier alpha value is -2.16. The van der Waals surface area contributed by atoms with E-state index in [0.717, 1.165) is 33.0 Å². The van der Waals surface area contributed by atoms with Crippen molar-refractivity contribution in [2.24, 2.45) is 0 Å². The molecule has 0 aliphatic rings. The lowest BCUT2D eigenvalue weighted by atomic mass is 10.3. The number of hydrogen-bond donors (Lipinski definition) is 0. The Balaban J connectivity index is 1.52. The first-order valence-electron chi connectivity index (χ1n) is 7.48. The Morgan fingerprint density at radius 2 is 2.12 bits per heavy atom. The first-order chi connectivity index (χ1) is 12.3. The monoisotopic (exact) mass is 386 g/mol. The molecule has 25 heavy (non-hydrogen) atoms. The Morgan fingerprint density at radius 3 is 2.96 bits per heavy atom. The molecule has 0 aliphatic carbocycles. The Labute approximate surface area is 157 Å². The molecular weight excluding hydrogens is 372 g/mol. The van der Waals surface area contributed by atoms with E-state index in [2.05, 4.69) is 32.4 Å². The molecule has 126 valence electrons. The number of thiophene rings is 1. The van der Waals surface area contributed by atoms with Gasteiger partial charge in [0, 0.05) is 22.1 Å². The van der Waals surface area contributed by atoms with Gasteiger partial charge in [-0.3, -0.25) is 4.57 Å². The zero-order chi connectivity index (χ0) is 17.1. The highest BCUT2D eigenvalue weighted by Gasteiger charge is 2.12. The van der Waals surface area contributed by atoms with E-state index in [9.17, 15) is 0 Å². The molecule has 0 N–H and O–H groups in total. The van der Waals surface area contributed by atoms with E-state index in [1.54, 1.807) is 47.9 Å². The van der Waals surface area contributed by atoms with Gasteiger partial charge in [0.1, 0.15) is 17.1 Å². The van der Waals surface area contributed by atoms with Gasteiger partial charge >= 0.3 is 0 Å². The third-order valence-electron chi connectivity index (χ3n) is 3.53. The fourth-order valence-electron chi connectivity index (χ4n) is 2.35. The van der Waals surface area contributed by atoms with Gasteiger partial charge in [-0.25, -0.2) is 4.98 Å². The van der Waals surface area contributed by atoms with Crippen LogP contribution in [0.5, 0.6) is 5.75 Å². The van der Waals surface area contributed by atoms with E-state index in [-0.39, 0.29) is 0 Å². The summed E-state index contributed by atoms with van der Waals surface area (Å²) in [6, 6.07) is 9.93. The summed E-state index contributed by atoms with van der Waals surface area (Å²) in [5.74, 6) is 1.53. The van der Waals surface area contributed by atoms with E-state index in [1.807, 2.05) is 28.8 Å². The first kappa shape index (κ1) is 16.3. The second-order valence-corrected chi connectivity index (χ2v) is 7.68. The van der Waals surface area contributed by atoms with Crippen molar-refractivity contribution < 1.29 is 4.74 Å². The van der Waals surface area contributed by atoms with E-state index in [4.69, 9.17) is 9.72 Å². The lowest BCUT2D eigenvalue weighted by Gasteiger charge is -2.10. The van der Waals surface area contributed by atoms with Crippen LogP contribution in [0.4, 0.5) is 0 Å². The summed E-state index contributed by atoms with van der Waals surface area (Å²) >= 11 is 4.97. The Kier molecular flexibility index (Phi) is 4.82. The van der Waals surface area contributed by atoms with Crippen molar-refractivity contribution in [2.45, 2.75) is 10.9 Å². The van der Waals surface area contributed by atoms with Crippen LogP contribution in [0.2, 0.25) is 0 Å². The Bertz CT molecular complexity index is 962. The van der Waals surface area contributed by atoms with Crippen molar-refractivity contribution in [1.29, 1.82) is 0 Å².